The van der Waals surface area contributed by atoms with Crippen LogP contribution in [0.4, 0.5) is 4.39 Å². The molecule has 3 fully saturated rings. The Bertz CT molecular complexity index is 883. The van der Waals surface area contributed by atoms with E-state index < -0.39 is 0 Å². The monoisotopic (exact) mass is 566 g/mol. The third-order valence-electron chi connectivity index (χ3n) is 11.8. The minimum atomic E-state index is 0.0143. The predicted molar refractivity (Wildman–Crippen MR) is 174 cm³/mol. The van der Waals surface area contributed by atoms with Crippen LogP contribution in [0, 0.1) is 35.4 Å². The highest BCUT2D eigenvalue weighted by molar-refractivity contribution is 5.30. The molecule has 1 N–H and O–H groups in total. The van der Waals surface area contributed by atoms with Gasteiger partial charge in [0.15, 0.2) is 0 Å². The number of allylic oxidation sites excluding steroid dienone is 1. The minimum Gasteiger partial charge on any atom is -0.396 e. The van der Waals surface area contributed by atoms with Crippen molar-refractivity contribution in [3.63, 3.8) is 0 Å². The first-order valence-corrected chi connectivity index (χ1v) is 18.0. The number of unbranched alkanes of at least 4 members (excludes halogenated alkanes) is 2. The Balaban J connectivity index is 1.21. The summed E-state index contributed by atoms with van der Waals surface area (Å²) < 4.78 is 15.5. The van der Waals surface area contributed by atoms with Crippen molar-refractivity contribution in [2.75, 3.05) is 6.61 Å². The van der Waals surface area contributed by atoms with E-state index in [2.05, 4.69) is 32.6 Å². The van der Waals surface area contributed by atoms with Gasteiger partial charge in [-0.25, -0.2) is 4.39 Å². The van der Waals surface area contributed by atoms with Crippen molar-refractivity contribution in [3.05, 3.63) is 47.3 Å². The zero-order valence-corrected chi connectivity index (χ0v) is 26.9. The second-order valence-electron chi connectivity index (χ2n) is 14.8. The van der Waals surface area contributed by atoms with Gasteiger partial charge in [0, 0.05) is 6.61 Å². The highest BCUT2D eigenvalue weighted by atomic mass is 19.1. The summed E-state index contributed by atoms with van der Waals surface area (Å²) in [5.41, 5.74) is 3.30. The van der Waals surface area contributed by atoms with E-state index in [1.807, 2.05) is 6.07 Å². The fourth-order valence-electron chi connectivity index (χ4n) is 9.21. The molecule has 1 unspecified atom stereocenters. The van der Waals surface area contributed by atoms with E-state index in [-0.39, 0.29) is 12.4 Å². The lowest BCUT2D eigenvalue weighted by atomic mass is 9.64. The van der Waals surface area contributed by atoms with E-state index in [1.165, 1.54) is 95.5 Å². The number of aliphatic hydroxyl groups excluding tert-OH is 1. The zero-order chi connectivity index (χ0) is 29.0. The summed E-state index contributed by atoms with van der Waals surface area (Å²) in [4.78, 5) is 0. The zero-order valence-electron chi connectivity index (χ0n) is 26.9. The van der Waals surface area contributed by atoms with Crippen molar-refractivity contribution in [2.45, 2.75) is 161 Å². The molecule has 3 aliphatic rings. The van der Waals surface area contributed by atoms with Crippen molar-refractivity contribution in [1.29, 1.82) is 0 Å². The third-order valence-corrected chi connectivity index (χ3v) is 11.8. The van der Waals surface area contributed by atoms with E-state index in [0.717, 1.165) is 85.7 Å². The SMILES string of the molecule is C=C(C)CCCC(CCCO)c1ccc(C2CCC(C3CCC(C4CCC(CCCCC)CC4)CC3)CC2)c(F)c1. The van der Waals surface area contributed by atoms with E-state index in [4.69, 9.17) is 0 Å². The summed E-state index contributed by atoms with van der Waals surface area (Å²) in [7, 11) is 0. The topological polar surface area (TPSA) is 20.2 Å². The Morgan fingerprint density at radius 3 is 1.90 bits per heavy atom. The molecule has 1 aromatic carbocycles. The maximum absolute atomic E-state index is 15.5. The maximum atomic E-state index is 15.5. The van der Waals surface area contributed by atoms with Gasteiger partial charge in [-0.15, -0.1) is 6.58 Å². The van der Waals surface area contributed by atoms with E-state index in [1.54, 1.807) is 0 Å². The Hall–Kier alpha value is -1.15. The standard InChI is InChI=1S/C39H63FO/c1-4-5-6-10-30-13-15-32(16-14-30)33-17-19-34(20-18-33)35-21-23-36(24-22-35)38-26-25-37(28-39(38)40)31(12-8-27-41)11-7-9-29(2)3/h25-26,28,30-36,41H,2,4-24,27H2,1,3H3. The molecule has 0 heterocycles. The van der Waals surface area contributed by atoms with Gasteiger partial charge < -0.3 is 5.11 Å². The average molecular weight is 567 g/mol. The number of rotatable bonds is 15. The van der Waals surface area contributed by atoms with Gasteiger partial charge in [0.25, 0.3) is 0 Å². The van der Waals surface area contributed by atoms with Crippen LogP contribution in [0.1, 0.15) is 172 Å². The first kappa shape index (κ1) is 32.8. The number of hydrogen-bond acceptors (Lipinski definition) is 1. The molecule has 0 spiro atoms. The molecule has 3 saturated carbocycles. The summed E-state index contributed by atoms with van der Waals surface area (Å²) in [6.45, 7) is 8.65. The van der Waals surface area contributed by atoms with Crippen LogP contribution >= 0.6 is 0 Å². The van der Waals surface area contributed by atoms with E-state index in [9.17, 15) is 5.11 Å². The molecule has 1 nitrogen and oxygen atoms in total. The molecule has 4 rings (SSSR count). The number of aliphatic hydroxyl groups is 1. The van der Waals surface area contributed by atoms with E-state index in [0.29, 0.717) is 11.8 Å². The van der Waals surface area contributed by atoms with Gasteiger partial charge in [0.05, 0.1) is 0 Å². The Kier molecular flexibility index (Phi) is 13.8. The Morgan fingerprint density at radius 2 is 1.37 bits per heavy atom. The molecule has 1 atom stereocenters. The first-order valence-electron chi connectivity index (χ1n) is 18.0. The normalized spacial score (nSPS) is 29.8. The molecular formula is C39H63FO. The summed E-state index contributed by atoms with van der Waals surface area (Å²) in [6, 6.07) is 6.15. The molecule has 0 radical (unpaired) electrons. The van der Waals surface area contributed by atoms with Crippen LogP contribution in [-0.4, -0.2) is 11.7 Å². The van der Waals surface area contributed by atoms with Crippen LogP contribution in [-0.2, 0) is 0 Å². The van der Waals surface area contributed by atoms with Crippen LogP contribution < -0.4 is 0 Å². The molecule has 3 aliphatic carbocycles. The lowest BCUT2D eigenvalue weighted by molar-refractivity contribution is 0.108. The van der Waals surface area contributed by atoms with Crippen molar-refractivity contribution in [3.8, 4) is 0 Å². The Morgan fingerprint density at radius 1 is 0.805 bits per heavy atom. The first-order chi connectivity index (χ1) is 20.0. The maximum Gasteiger partial charge on any atom is 0.126 e. The van der Waals surface area contributed by atoms with Crippen LogP contribution in [0.2, 0.25) is 0 Å². The third kappa shape index (κ3) is 9.94. The molecule has 0 saturated heterocycles. The van der Waals surface area contributed by atoms with Gasteiger partial charge >= 0.3 is 0 Å². The van der Waals surface area contributed by atoms with Gasteiger partial charge in [-0.2, -0.15) is 0 Å². The summed E-state index contributed by atoms with van der Waals surface area (Å²) in [6.07, 6.45) is 27.4. The second-order valence-corrected chi connectivity index (χ2v) is 14.8. The van der Waals surface area contributed by atoms with Gasteiger partial charge in [0.1, 0.15) is 5.82 Å². The minimum absolute atomic E-state index is 0.0143. The summed E-state index contributed by atoms with van der Waals surface area (Å²) in [5.74, 6) is 5.60. The highest BCUT2D eigenvalue weighted by Crippen LogP contribution is 2.48. The quantitative estimate of drug-likeness (QED) is 0.165. The second kappa shape index (κ2) is 17.2. The fourth-order valence-corrected chi connectivity index (χ4v) is 9.21. The number of halogens is 1. The summed E-state index contributed by atoms with van der Waals surface area (Å²) in [5, 5.41) is 9.38. The smallest absolute Gasteiger partial charge is 0.126 e. The predicted octanol–water partition coefficient (Wildman–Crippen LogP) is 11.9. The van der Waals surface area contributed by atoms with E-state index >= 15 is 4.39 Å². The van der Waals surface area contributed by atoms with Crippen molar-refractivity contribution in [2.24, 2.45) is 29.6 Å². The molecule has 0 aromatic heterocycles. The van der Waals surface area contributed by atoms with Gasteiger partial charge in [-0.05, 0) is 162 Å². The van der Waals surface area contributed by atoms with Crippen LogP contribution in [0.5, 0.6) is 0 Å². The van der Waals surface area contributed by atoms with Gasteiger partial charge in [0.2, 0.25) is 0 Å². The largest absolute Gasteiger partial charge is 0.396 e. The van der Waals surface area contributed by atoms with Gasteiger partial charge in [-0.3, -0.25) is 0 Å². The number of hydrogen-bond donors (Lipinski definition) is 1. The number of benzene rings is 1. The molecular weight excluding hydrogens is 503 g/mol. The van der Waals surface area contributed by atoms with Crippen LogP contribution in [0.15, 0.2) is 30.4 Å². The molecule has 0 aliphatic heterocycles. The lowest BCUT2D eigenvalue weighted by Gasteiger charge is -2.41. The fraction of sp³-hybridized carbons (Fsp3) is 0.795. The van der Waals surface area contributed by atoms with Gasteiger partial charge in [-0.1, -0.05) is 63.2 Å². The average Bonchev–Trinajstić information content (AvgIpc) is 2.99. The van der Waals surface area contributed by atoms with Crippen LogP contribution in [0.3, 0.4) is 0 Å². The van der Waals surface area contributed by atoms with Crippen molar-refractivity contribution < 1.29 is 9.50 Å². The Labute approximate surface area is 253 Å². The van der Waals surface area contributed by atoms with Crippen LogP contribution in [0.25, 0.3) is 0 Å². The highest BCUT2D eigenvalue weighted by Gasteiger charge is 2.35. The molecule has 2 heteroatoms. The molecule has 232 valence electrons. The lowest BCUT2D eigenvalue weighted by Crippen LogP contribution is -2.29. The molecule has 41 heavy (non-hydrogen) atoms. The van der Waals surface area contributed by atoms with Crippen molar-refractivity contribution in [1.82, 2.24) is 0 Å². The molecule has 1 aromatic rings. The molecule has 0 amide bonds. The summed E-state index contributed by atoms with van der Waals surface area (Å²) >= 11 is 0. The van der Waals surface area contributed by atoms with Crippen molar-refractivity contribution >= 4 is 0 Å². The molecule has 0 bridgehead atoms.